The minimum atomic E-state index is 0.723. The monoisotopic (exact) mass is 190 g/mol. The third-order valence-corrected chi connectivity index (χ3v) is 1.49. The largest absolute Gasteiger partial charge is 0.386 e. The number of rotatable bonds is 5. The summed E-state index contributed by atoms with van der Waals surface area (Å²) in [5, 5.41) is 22.7. The lowest BCUT2D eigenvalue weighted by Gasteiger charge is -2.07. The van der Waals surface area contributed by atoms with Crippen molar-refractivity contribution < 1.29 is 0 Å². The molecule has 0 amide bonds. The third kappa shape index (κ3) is 6.75. The highest BCUT2D eigenvalue weighted by Crippen LogP contribution is 1.85. The minimum absolute atomic E-state index is 0.723. The number of allylic oxidation sites excluding steroid dienone is 4. The summed E-state index contributed by atoms with van der Waals surface area (Å²) < 4.78 is 0. The van der Waals surface area contributed by atoms with Crippen LogP contribution in [-0.4, -0.2) is 13.1 Å². The first kappa shape index (κ1) is 12.1. The second-order valence-corrected chi connectivity index (χ2v) is 2.77. The van der Waals surface area contributed by atoms with Crippen LogP contribution in [0.3, 0.4) is 0 Å². The Bertz CT molecular complexity index is 269. The first-order valence-corrected chi connectivity index (χ1v) is 4.31. The third-order valence-electron chi connectivity index (χ3n) is 1.49. The normalized spacial score (nSPS) is 11.4. The number of nitrogens with zero attached hydrogens (tertiary/aromatic N) is 2. The van der Waals surface area contributed by atoms with Gasteiger partial charge in [-0.25, -0.2) is 0 Å². The predicted octanol–water partition coefficient (Wildman–Crippen LogP) is 1.02. The van der Waals surface area contributed by atoms with Crippen LogP contribution >= 0.6 is 0 Å². The van der Waals surface area contributed by atoms with E-state index in [1.807, 2.05) is 26.0 Å². The Labute approximate surface area is 84.5 Å². The van der Waals surface area contributed by atoms with E-state index in [2.05, 4.69) is 10.6 Å². The van der Waals surface area contributed by atoms with Crippen molar-refractivity contribution in [2.45, 2.75) is 13.8 Å². The van der Waals surface area contributed by atoms with E-state index in [1.165, 1.54) is 12.2 Å². The molecular weight excluding hydrogens is 176 g/mol. The van der Waals surface area contributed by atoms with Crippen LogP contribution in [0.4, 0.5) is 0 Å². The van der Waals surface area contributed by atoms with Gasteiger partial charge in [0.25, 0.3) is 0 Å². The quantitative estimate of drug-likeness (QED) is 0.501. The summed E-state index contributed by atoms with van der Waals surface area (Å²) in [6.07, 6.45) is 2.91. The number of nitriles is 2. The molecule has 0 aliphatic rings. The zero-order valence-corrected chi connectivity index (χ0v) is 8.46. The smallest absolute Gasteiger partial charge is 0.0930 e. The van der Waals surface area contributed by atoms with Gasteiger partial charge in [0.15, 0.2) is 0 Å². The van der Waals surface area contributed by atoms with Gasteiger partial charge in [0, 0.05) is 36.6 Å². The number of hydrogen-bond acceptors (Lipinski definition) is 4. The molecule has 0 aromatic rings. The molecule has 0 aliphatic heterocycles. The zero-order valence-electron chi connectivity index (χ0n) is 8.46. The van der Waals surface area contributed by atoms with Crippen LogP contribution in [0.25, 0.3) is 0 Å². The molecule has 0 bridgehead atoms. The van der Waals surface area contributed by atoms with Gasteiger partial charge in [-0.2, -0.15) is 10.5 Å². The van der Waals surface area contributed by atoms with Gasteiger partial charge in [-0.05, 0) is 13.8 Å². The van der Waals surface area contributed by atoms with Crippen LogP contribution in [-0.2, 0) is 0 Å². The molecule has 0 fully saturated rings. The number of hydrogen-bond donors (Lipinski definition) is 2. The highest BCUT2D eigenvalue weighted by Gasteiger charge is 1.89. The van der Waals surface area contributed by atoms with Gasteiger partial charge in [-0.1, -0.05) is 0 Å². The molecule has 4 nitrogen and oxygen atoms in total. The molecule has 14 heavy (non-hydrogen) atoms. The SMILES string of the molecule is C/C(=C\C#N)NCCN/C(C)=C/C#N. The van der Waals surface area contributed by atoms with Gasteiger partial charge < -0.3 is 10.6 Å². The molecule has 0 heterocycles. The molecule has 0 aromatic heterocycles. The van der Waals surface area contributed by atoms with Crippen molar-refractivity contribution in [2.24, 2.45) is 0 Å². The Morgan fingerprint density at radius 1 is 1.00 bits per heavy atom. The van der Waals surface area contributed by atoms with E-state index >= 15 is 0 Å². The molecule has 74 valence electrons. The highest BCUT2D eigenvalue weighted by molar-refractivity contribution is 5.10. The fraction of sp³-hybridized carbons (Fsp3) is 0.400. The van der Waals surface area contributed by atoms with Crippen molar-refractivity contribution in [1.29, 1.82) is 10.5 Å². The second kappa shape index (κ2) is 7.70. The van der Waals surface area contributed by atoms with Crippen molar-refractivity contribution in [3.63, 3.8) is 0 Å². The molecule has 0 radical (unpaired) electrons. The van der Waals surface area contributed by atoms with Crippen molar-refractivity contribution >= 4 is 0 Å². The van der Waals surface area contributed by atoms with Crippen molar-refractivity contribution in [3.8, 4) is 12.1 Å². The van der Waals surface area contributed by atoms with Crippen LogP contribution in [0.5, 0.6) is 0 Å². The van der Waals surface area contributed by atoms with Crippen LogP contribution in [0.1, 0.15) is 13.8 Å². The molecule has 0 saturated carbocycles. The molecule has 0 aliphatic carbocycles. The van der Waals surface area contributed by atoms with Gasteiger partial charge >= 0.3 is 0 Å². The van der Waals surface area contributed by atoms with Crippen LogP contribution in [0, 0.1) is 22.7 Å². The zero-order chi connectivity index (χ0) is 10.8. The molecule has 4 heteroatoms. The standard InChI is InChI=1S/C10H14N4/c1-9(3-5-11)13-7-8-14-10(2)4-6-12/h3-4,13-14H,7-8H2,1-2H3/b9-3+,10-4+. The highest BCUT2D eigenvalue weighted by atomic mass is 14.9. The maximum atomic E-state index is 8.32. The average molecular weight is 190 g/mol. The second-order valence-electron chi connectivity index (χ2n) is 2.77. The first-order chi connectivity index (χ1) is 6.70. The summed E-state index contributed by atoms with van der Waals surface area (Å²) >= 11 is 0. The Morgan fingerprint density at radius 2 is 1.36 bits per heavy atom. The molecular formula is C10H14N4. The summed E-state index contributed by atoms with van der Waals surface area (Å²) in [5.41, 5.74) is 1.69. The Morgan fingerprint density at radius 3 is 1.64 bits per heavy atom. The lowest BCUT2D eigenvalue weighted by Crippen LogP contribution is -2.25. The van der Waals surface area contributed by atoms with E-state index in [0.717, 1.165) is 24.5 Å². The maximum absolute atomic E-state index is 8.32. The molecule has 0 spiro atoms. The summed E-state index contributed by atoms with van der Waals surface area (Å²) in [5.74, 6) is 0. The molecule has 2 N–H and O–H groups in total. The summed E-state index contributed by atoms with van der Waals surface area (Å²) in [6.45, 7) is 5.11. The molecule has 0 aromatic carbocycles. The van der Waals surface area contributed by atoms with Gasteiger partial charge in [-0.3, -0.25) is 0 Å². The van der Waals surface area contributed by atoms with E-state index in [-0.39, 0.29) is 0 Å². The van der Waals surface area contributed by atoms with Crippen LogP contribution in [0.2, 0.25) is 0 Å². The molecule has 0 unspecified atom stereocenters. The van der Waals surface area contributed by atoms with Gasteiger partial charge in [0.05, 0.1) is 12.1 Å². The van der Waals surface area contributed by atoms with Crippen molar-refractivity contribution in [3.05, 3.63) is 23.5 Å². The Balaban J connectivity index is 3.59. The summed E-state index contributed by atoms with van der Waals surface area (Å²) in [7, 11) is 0. The lowest BCUT2D eigenvalue weighted by atomic mass is 10.4. The first-order valence-electron chi connectivity index (χ1n) is 4.31. The van der Waals surface area contributed by atoms with E-state index in [0.29, 0.717) is 0 Å². The average Bonchev–Trinajstić information content (AvgIpc) is 2.13. The van der Waals surface area contributed by atoms with E-state index in [4.69, 9.17) is 10.5 Å². The van der Waals surface area contributed by atoms with E-state index in [1.54, 1.807) is 0 Å². The summed E-state index contributed by atoms with van der Waals surface area (Å²) in [6, 6.07) is 3.88. The molecule has 0 atom stereocenters. The van der Waals surface area contributed by atoms with E-state index < -0.39 is 0 Å². The van der Waals surface area contributed by atoms with Gasteiger partial charge in [0.2, 0.25) is 0 Å². The molecule has 0 saturated heterocycles. The van der Waals surface area contributed by atoms with Crippen LogP contribution < -0.4 is 10.6 Å². The Kier molecular flexibility index (Phi) is 6.63. The minimum Gasteiger partial charge on any atom is -0.386 e. The van der Waals surface area contributed by atoms with Crippen molar-refractivity contribution in [2.75, 3.05) is 13.1 Å². The van der Waals surface area contributed by atoms with Gasteiger partial charge in [0.1, 0.15) is 0 Å². The summed E-state index contributed by atoms with van der Waals surface area (Å²) in [4.78, 5) is 0. The Hall–Kier alpha value is -1.94. The fourth-order valence-electron chi connectivity index (χ4n) is 0.815. The lowest BCUT2D eigenvalue weighted by molar-refractivity contribution is 0.717. The maximum Gasteiger partial charge on any atom is 0.0930 e. The fourth-order valence-corrected chi connectivity index (χ4v) is 0.815. The van der Waals surface area contributed by atoms with Crippen LogP contribution in [0.15, 0.2) is 23.5 Å². The van der Waals surface area contributed by atoms with Gasteiger partial charge in [-0.15, -0.1) is 0 Å². The topological polar surface area (TPSA) is 71.6 Å². The number of nitrogens with one attached hydrogen (secondary N) is 2. The predicted molar refractivity (Wildman–Crippen MR) is 54.7 cm³/mol. The van der Waals surface area contributed by atoms with E-state index in [9.17, 15) is 0 Å². The molecule has 0 rings (SSSR count). The van der Waals surface area contributed by atoms with Crippen molar-refractivity contribution in [1.82, 2.24) is 10.6 Å².